The Morgan fingerprint density at radius 2 is 1.28 bits per heavy atom. The third-order valence-corrected chi connectivity index (χ3v) is 8.23. The molecule has 3 heterocycles. The normalized spacial score (nSPS) is 22.3. The number of carbonyl (C=O) groups excluding carboxylic acids is 1. The molecule has 3 aliphatic heterocycles. The van der Waals surface area contributed by atoms with Crippen LogP contribution >= 0.6 is 0 Å². The zero-order valence-electron chi connectivity index (χ0n) is 22.9. The van der Waals surface area contributed by atoms with E-state index < -0.39 is 23.5 Å². The van der Waals surface area contributed by atoms with E-state index in [0.717, 1.165) is 32.6 Å². The largest absolute Gasteiger partial charge is 0.465 e. The van der Waals surface area contributed by atoms with Crippen molar-refractivity contribution in [3.63, 3.8) is 0 Å². The van der Waals surface area contributed by atoms with E-state index in [1.54, 1.807) is 4.90 Å². The summed E-state index contributed by atoms with van der Waals surface area (Å²) in [5, 5.41) is 12.4. The molecule has 3 saturated heterocycles. The number of hydrogen-bond donors (Lipinski definition) is 2. The summed E-state index contributed by atoms with van der Waals surface area (Å²) in [7, 11) is 0. The first-order valence-corrected chi connectivity index (χ1v) is 13.9. The second-order valence-electron chi connectivity index (χ2n) is 10.5. The summed E-state index contributed by atoms with van der Waals surface area (Å²) >= 11 is 0. The molecule has 0 spiro atoms. The summed E-state index contributed by atoms with van der Waals surface area (Å²) in [5.41, 5.74) is -2.12. The van der Waals surface area contributed by atoms with Gasteiger partial charge in [-0.15, -0.1) is 0 Å². The van der Waals surface area contributed by atoms with Crippen LogP contribution in [0.1, 0.15) is 66.2 Å². The van der Waals surface area contributed by atoms with Crippen molar-refractivity contribution in [2.75, 3.05) is 72.0 Å². The zero-order valence-corrected chi connectivity index (χ0v) is 22.9. The number of nitrogens with zero attached hydrogens (tertiary/aromatic N) is 4. The average molecular weight is 518 g/mol. The van der Waals surface area contributed by atoms with Crippen LogP contribution in [0.3, 0.4) is 0 Å². The lowest BCUT2D eigenvalue weighted by Gasteiger charge is -2.39. The molecule has 0 unspecified atom stereocenters. The Balaban J connectivity index is 0.000000297. The van der Waals surface area contributed by atoms with Gasteiger partial charge in [0.15, 0.2) is 0 Å². The molecule has 0 aromatic carbocycles. The Bertz CT molecular complexity index is 676. The first-order chi connectivity index (χ1) is 17.1. The van der Waals surface area contributed by atoms with Crippen LogP contribution in [0, 0.1) is 0 Å². The lowest BCUT2D eigenvalue weighted by Crippen LogP contribution is -2.55. The van der Waals surface area contributed by atoms with Gasteiger partial charge in [-0.25, -0.2) is 13.6 Å². The van der Waals surface area contributed by atoms with Crippen molar-refractivity contribution in [1.29, 1.82) is 0 Å². The van der Waals surface area contributed by atoms with E-state index in [0.29, 0.717) is 77.9 Å². The number of likely N-dealkylation sites (tertiary alicyclic amines) is 1. The molecule has 0 aromatic rings. The van der Waals surface area contributed by atoms with Crippen LogP contribution < -0.4 is 5.32 Å². The molecule has 1 atom stereocenters. The monoisotopic (exact) mass is 517 g/mol. The van der Waals surface area contributed by atoms with Crippen molar-refractivity contribution in [2.24, 2.45) is 0 Å². The molecule has 3 fully saturated rings. The Morgan fingerprint density at radius 3 is 1.72 bits per heavy atom. The smallest absolute Gasteiger partial charge is 0.407 e. The maximum Gasteiger partial charge on any atom is 0.407 e. The van der Waals surface area contributed by atoms with Crippen molar-refractivity contribution in [1.82, 2.24) is 24.9 Å². The van der Waals surface area contributed by atoms with Gasteiger partial charge in [-0.3, -0.25) is 19.5 Å². The van der Waals surface area contributed by atoms with Gasteiger partial charge < -0.3 is 15.3 Å². The minimum absolute atomic E-state index is 0.0953. The number of hydrogen-bond acceptors (Lipinski definition) is 5. The first kappa shape index (κ1) is 30.7. The maximum absolute atomic E-state index is 14.5. The van der Waals surface area contributed by atoms with Gasteiger partial charge in [-0.05, 0) is 38.5 Å². The van der Waals surface area contributed by atoms with E-state index >= 15 is 0 Å². The van der Waals surface area contributed by atoms with Crippen LogP contribution in [0.4, 0.5) is 13.6 Å². The Labute approximate surface area is 216 Å². The van der Waals surface area contributed by atoms with Crippen molar-refractivity contribution < 1.29 is 23.5 Å². The van der Waals surface area contributed by atoms with Crippen molar-refractivity contribution >= 4 is 12.0 Å². The van der Waals surface area contributed by atoms with Crippen LogP contribution in [-0.4, -0.2) is 126 Å². The Morgan fingerprint density at radius 1 is 0.806 bits per heavy atom. The molecule has 3 rings (SSSR count). The van der Waals surface area contributed by atoms with Crippen LogP contribution in [0.2, 0.25) is 0 Å². The number of amides is 2. The molecule has 210 valence electrons. The molecule has 0 saturated carbocycles. The summed E-state index contributed by atoms with van der Waals surface area (Å²) in [5.74, 6) is -0.0953. The number of carboxylic acid groups (broad SMARTS) is 1. The molecule has 2 N–H and O–H groups in total. The third kappa shape index (κ3) is 8.80. The molecule has 36 heavy (non-hydrogen) atoms. The quantitative estimate of drug-likeness (QED) is 0.489. The molecular weight excluding hydrogens is 468 g/mol. The topological polar surface area (TPSA) is 79.4 Å². The summed E-state index contributed by atoms with van der Waals surface area (Å²) in [4.78, 5) is 31.0. The van der Waals surface area contributed by atoms with Crippen molar-refractivity contribution in [3.8, 4) is 0 Å². The highest BCUT2D eigenvalue weighted by Gasteiger charge is 2.38. The van der Waals surface area contributed by atoms with Crippen LogP contribution in [-0.2, 0) is 4.79 Å². The van der Waals surface area contributed by atoms with Gasteiger partial charge in [0.1, 0.15) is 17.4 Å². The Kier molecular flexibility index (Phi) is 12.3. The molecule has 10 heteroatoms. The average Bonchev–Trinajstić information content (AvgIpc) is 3.40. The van der Waals surface area contributed by atoms with Crippen molar-refractivity contribution in [3.05, 3.63) is 0 Å². The summed E-state index contributed by atoms with van der Waals surface area (Å²) < 4.78 is 28.5. The fourth-order valence-electron chi connectivity index (χ4n) is 5.21. The SMILES string of the molecule is CCC(F)(CC)CN1CCN(C(=O)[C@@H]2CCCN2C(=O)O)CC1.CCC(F)(CC)CN1CCNCC1. The predicted octanol–water partition coefficient (Wildman–Crippen LogP) is 3.22. The number of piperazine rings is 2. The molecular formula is C26H49F2N5O3. The van der Waals surface area contributed by atoms with Gasteiger partial charge in [0, 0.05) is 72.0 Å². The van der Waals surface area contributed by atoms with Gasteiger partial charge in [-0.1, -0.05) is 27.7 Å². The Hall–Kier alpha value is -1.52. The minimum atomic E-state index is -1.16. The van der Waals surface area contributed by atoms with E-state index in [1.165, 1.54) is 4.90 Å². The number of carbonyl (C=O) groups is 2. The minimum Gasteiger partial charge on any atom is -0.465 e. The van der Waals surface area contributed by atoms with Gasteiger partial charge in [0.05, 0.1) is 0 Å². The molecule has 0 bridgehead atoms. The van der Waals surface area contributed by atoms with E-state index in [2.05, 4.69) is 15.1 Å². The number of alkyl halides is 2. The molecule has 8 nitrogen and oxygen atoms in total. The van der Waals surface area contributed by atoms with E-state index in [9.17, 15) is 18.4 Å². The maximum atomic E-state index is 14.5. The number of halogens is 2. The molecule has 0 radical (unpaired) electrons. The molecule has 0 aromatic heterocycles. The lowest BCUT2D eigenvalue weighted by atomic mass is 9.98. The van der Waals surface area contributed by atoms with Gasteiger partial charge in [0.2, 0.25) is 5.91 Å². The number of nitrogens with one attached hydrogen (secondary N) is 1. The predicted molar refractivity (Wildman–Crippen MR) is 139 cm³/mol. The van der Waals surface area contributed by atoms with Gasteiger partial charge >= 0.3 is 6.09 Å². The first-order valence-electron chi connectivity index (χ1n) is 13.9. The highest BCUT2D eigenvalue weighted by atomic mass is 19.1. The molecule has 3 aliphatic rings. The van der Waals surface area contributed by atoms with Crippen LogP contribution in [0.15, 0.2) is 0 Å². The standard InChI is InChI=1S/C16H28FN3O3.C10H21FN2/c1-3-16(17,4-2)12-18-8-10-19(11-9-18)14(21)13-6-5-7-20(13)15(22)23;1-3-10(11,4-2)9-13-7-5-12-6-8-13/h13H,3-12H2,1-2H3,(H,22,23);12H,3-9H2,1-2H3/t13-;/m0./s1. The number of rotatable bonds is 9. The van der Waals surface area contributed by atoms with E-state index in [1.807, 2.05) is 27.7 Å². The lowest BCUT2D eigenvalue weighted by molar-refractivity contribution is -0.137. The van der Waals surface area contributed by atoms with E-state index in [-0.39, 0.29) is 5.91 Å². The second kappa shape index (κ2) is 14.4. The summed E-state index contributed by atoms with van der Waals surface area (Å²) in [6, 6.07) is -0.536. The molecule has 2 amide bonds. The zero-order chi connectivity index (χ0) is 26.8. The highest BCUT2D eigenvalue weighted by molar-refractivity contribution is 5.86. The van der Waals surface area contributed by atoms with Gasteiger partial charge in [0.25, 0.3) is 0 Å². The van der Waals surface area contributed by atoms with Crippen LogP contribution in [0.5, 0.6) is 0 Å². The third-order valence-electron chi connectivity index (χ3n) is 8.23. The summed E-state index contributed by atoms with van der Waals surface area (Å²) in [6.45, 7) is 15.4. The fraction of sp³-hybridized carbons (Fsp3) is 0.923. The fourth-order valence-corrected chi connectivity index (χ4v) is 5.21. The van der Waals surface area contributed by atoms with Crippen molar-refractivity contribution in [2.45, 2.75) is 83.6 Å². The van der Waals surface area contributed by atoms with Crippen LogP contribution in [0.25, 0.3) is 0 Å². The molecule has 0 aliphatic carbocycles. The van der Waals surface area contributed by atoms with Gasteiger partial charge in [-0.2, -0.15) is 0 Å². The highest BCUT2D eigenvalue weighted by Crippen LogP contribution is 2.24. The summed E-state index contributed by atoms with van der Waals surface area (Å²) in [6.07, 6.45) is 2.58. The van der Waals surface area contributed by atoms with E-state index in [4.69, 9.17) is 5.11 Å². The second-order valence-corrected chi connectivity index (χ2v) is 10.5.